The summed E-state index contributed by atoms with van der Waals surface area (Å²) in [4.78, 5) is 2.32. The summed E-state index contributed by atoms with van der Waals surface area (Å²) in [6, 6.07) is 0. The summed E-state index contributed by atoms with van der Waals surface area (Å²) in [5.74, 6) is 0. The molecular weight excluding hydrogens is 228 g/mol. The Morgan fingerprint density at radius 1 is 1.22 bits per heavy atom. The van der Waals surface area contributed by atoms with Crippen LogP contribution in [0.3, 0.4) is 0 Å². The van der Waals surface area contributed by atoms with Crippen LogP contribution in [0.4, 0.5) is 0 Å². The number of hydrogen-bond donors (Lipinski definition) is 3. The van der Waals surface area contributed by atoms with Crippen molar-refractivity contribution in [1.82, 2.24) is 10.2 Å². The van der Waals surface area contributed by atoms with Gasteiger partial charge in [-0.1, -0.05) is 13.8 Å². The molecule has 1 saturated heterocycles. The van der Waals surface area contributed by atoms with E-state index in [-0.39, 0.29) is 18.1 Å². The van der Waals surface area contributed by atoms with Crippen LogP contribution in [0, 0.1) is 5.41 Å². The van der Waals surface area contributed by atoms with Crippen LogP contribution in [0.5, 0.6) is 0 Å². The van der Waals surface area contributed by atoms with E-state index in [2.05, 4.69) is 24.1 Å². The van der Waals surface area contributed by atoms with Crippen molar-refractivity contribution in [2.24, 2.45) is 5.41 Å². The van der Waals surface area contributed by atoms with Gasteiger partial charge in [0.1, 0.15) is 0 Å². The normalized spacial score (nSPS) is 19.3. The van der Waals surface area contributed by atoms with Gasteiger partial charge in [0, 0.05) is 31.7 Å². The molecule has 1 aliphatic heterocycles. The molecule has 4 heteroatoms. The predicted octanol–water partition coefficient (Wildman–Crippen LogP) is 0.831. The molecule has 18 heavy (non-hydrogen) atoms. The minimum Gasteiger partial charge on any atom is -0.396 e. The van der Waals surface area contributed by atoms with Crippen LogP contribution in [-0.2, 0) is 0 Å². The van der Waals surface area contributed by atoms with Crippen molar-refractivity contribution in [2.75, 3.05) is 39.3 Å². The van der Waals surface area contributed by atoms with Gasteiger partial charge in [-0.15, -0.1) is 0 Å². The molecule has 0 amide bonds. The molecule has 3 N–H and O–H groups in total. The largest absolute Gasteiger partial charge is 0.396 e. The highest BCUT2D eigenvalue weighted by atomic mass is 16.3. The van der Waals surface area contributed by atoms with E-state index in [9.17, 15) is 10.2 Å². The molecule has 1 atom stereocenters. The zero-order chi connectivity index (χ0) is 13.4. The number of hydrogen-bond acceptors (Lipinski definition) is 4. The molecule has 1 heterocycles. The number of nitrogens with one attached hydrogen (secondary N) is 1. The summed E-state index contributed by atoms with van der Waals surface area (Å²) in [6.45, 7) is 8.88. The summed E-state index contributed by atoms with van der Waals surface area (Å²) in [7, 11) is 0. The van der Waals surface area contributed by atoms with Crippen molar-refractivity contribution in [3.05, 3.63) is 0 Å². The molecule has 1 unspecified atom stereocenters. The maximum Gasteiger partial charge on any atom is 0.0791 e. The van der Waals surface area contributed by atoms with E-state index in [0.717, 1.165) is 39.0 Å². The summed E-state index contributed by atoms with van der Waals surface area (Å²) in [5, 5.41) is 22.7. The van der Waals surface area contributed by atoms with E-state index < -0.39 is 0 Å². The van der Waals surface area contributed by atoms with E-state index in [0.29, 0.717) is 6.54 Å². The predicted molar refractivity (Wildman–Crippen MR) is 74.7 cm³/mol. The maximum atomic E-state index is 9.96. The monoisotopic (exact) mass is 258 g/mol. The first-order valence-electron chi connectivity index (χ1n) is 7.38. The molecule has 4 nitrogen and oxygen atoms in total. The highest BCUT2D eigenvalue weighted by Gasteiger charge is 2.25. The Hall–Kier alpha value is -0.160. The Kier molecular flexibility index (Phi) is 7.15. The average molecular weight is 258 g/mol. The Morgan fingerprint density at radius 2 is 1.83 bits per heavy atom. The zero-order valence-corrected chi connectivity index (χ0v) is 12.0. The minimum atomic E-state index is -0.298. The van der Waals surface area contributed by atoms with Gasteiger partial charge in [0.25, 0.3) is 0 Å². The molecule has 0 aliphatic carbocycles. The van der Waals surface area contributed by atoms with Crippen LogP contribution in [-0.4, -0.2) is 60.5 Å². The lowest BCUT2D eigenvalue weighted by Crippen LogP contribution is -2.42. The van der Waals surface area contributed by atoms with Gasteiger partial charge >= 0.3 is 0 Å². The number of aliphatic hydroxyl groups is 2. The standard InChI is InChI=1S/C14H30N2O2/c1-3-14(4-2,12-17)11-15-9-13(18)10-16-7-5-6-8-16/h13,15,17-18H,3-12H2,1-2H3. The van der Waals surface area contributed by atoms with Gasteiger partial charge in [-0.25, -0.2) is 0 Å². The van der Waals surface area contributed by atoms with Gasteiger partial charge < -0.3 is 20.4 Å². The zero-order valence-electron chi connectivity index (χ0n) is 12.0. The Labute approximate surface area is 111 Å². The Morgan fingerprint density at radius 3 is 2.33 bits per heavy atom. The van der Waals surface area contributed by atoms with Gasteiger partial charge in [0.05, 0.1) is 6.10 Å². The van der Waals surface area contributed by atoms with Crippen LogP contribution in [0.25, 0.3) is 0 Å². The molecule has 1 aliphatic rings. The molecule has 0 aromatic heterocycles. The first-order valence-corrected chi connectivity index (χ1v) is 7.38. The molecule has 0 saturated carbocycles. The lowest BCUT2D eigenvalue weighted by Gasteiger charge is -2.30. The number of β-amino-alcohol motifs (C(OH)–C–C–N with tert-alkyl or cyclic N) is 1. The van der Waals surface area contributed by atoms with Gasteiger partial charge in [-0.2, -0.15) is 0 Å². The van der Waals surface area contributed by atoms with Crippen LogP contribution >= 0.6 is 0 Å². The van der Waals surface area contributed by atoms with E-state index in [1.165, 1.54) is 12.8 Å². The fourth-order valence-electron chi connectivity index (χ4n) is 2.61. The number of rotatable bonds is 9. The molecule has 108 valence electrons. The summed E-state index contributed by atoms with van der Waals surface area (Å²) < 4.78 is 0. The molecule has 0 aromatic carbocycles. The molecule has 0 radical (unpaired) electrons. The van der Waals surface area contributed by atoms with Crippen molar-refractivity contribution >= 4 is 0 Å². The average Bonchev–Trinajstić information content (AvgIpc) is 2.88. The lowest BCUT2D eigenvalue weighted by molar-refractivity contribution is 0.0941. The third-order valence-corrected chi connectivity index (χ3v) is 4.38. The maximum absolute atomic E-state index is 9.96. The quantitative estimate of drug-likeness (QED) is 0.573. The fourth-order valence-corrected chi connectivity index (χ4v) is 2.61. The second-order valence-electron chi connectivity index (χ2n) is 5.66. The first-order chi connectivity index (χ1) is 8.65. The Balaban J connectivity index is 2.18. The second-order valence-corrected chi connectivity index (χ2v) is 5.66. The minimum absolute atomic E-state index is 0.0205. The number of likely N-dealkylation sites (tertiary alicyclic amines) is 1. The molecular formula is C14H30N2O2. The third-order valence-electron chi connectivity index (χ3n) is 4.38. The van der Waals surface area contributed by atoms with Gasteiger partial charge in [0.2, 0.25) is 0 Å². The summed E-state index contributed by atoms with van der Waals surface area (Å²) >= 11 is 0. The smallest absolute Gasteiger partial charge is 0.0791 e. The second kappa shape index (κ2) is 8.10. The van der Waals surface area contributed by atoms with Crippen molar-refractivity contribution in [3.8, 4) is 0 Å². The van der Waals surface area contributed by atoms with Gasteiger partial charge in [0.15, 0.2) is 0 Å². The Bertz CT molecular complexity index is 206. The third kappa shape index (κ3) is 4.84. The lowest BCUT2D eigenvalue weighted by atomic mass is 9.83. The van der Waals surface area contributed by atoms with Crippen LogP contribution in [0.15, 0.2) is 0 Å². The number of nitrogens with zero attached hydrogens (tertiary/aromatic N) is 1. The molecule has 0 bridgehead atoms. The van der Waals surface area contributed by atoms with Crippen molar-refractivity contribution in [3.63, 3.8) is 0 Å². The van der Waals surface area contributed by atoms with Crippen LogP contribution in [0.1, 0.15) is 39.5 Å². The summed E-state index contributed by atoms with van der Waals surface area (Å²) in [5.41, 5.74) is -0.0205. The first kappa shape index (κ1) is 15.9. The molecule has 0 spiro atoms. The topological polar surface area (TPSA) is 55.7 Å². The van der Waals surface area contributed by atoms with Crippen molar-refractivity contribution in [2.45, 2.75) is 45.6 Å². The summed E-state index contributed by atoms with van der Waals surface area (Å²) in [6.07, 6.45) is 4.16. The molecule has 1 rings (SSSR count). The fraction of sp³-hybridized carbons (Fsp3) is 1.00. The van der Waals surface area contributed by atoms with Crippen LogP contribution in [0.2, 0.25) is 0 Å². The highest BCUT2D eigenvalue weighted by molar-refractivity contribution is 4.79. The van der Waals surface area contributed by atoms with Crippen molar-refractivity contribution < 1.29 is 10.2 Å². The van der Waals surface area contributed by atoms with Gasteiger partial charge in [-0.3, -0.25) is 0 Å². The van der Waals surface area contributed by atoms with E-state index in [1.807, 2.05) is 0 Å². The molecule has 0 aromatic rings. The van der Waals surface area contributed by atoms with E-state index >= 15 is 0 Å². The number of aliphatic hydroxyl groups excluding tert-OH is 2. The highest BCUT2D eigenvalue weighted by Crippen LogP contribution is 2.24. The SMILES string of the molecule is CCC(CC)(CO)CNCC(O)CN1CCCC1. The van der Waals surface area contributed by atoms with E-state index in [1.54, 1.807) is 0 Å². The molecule has 1 fully saturated rings. The van der Waals surface area contributed by atoms with Crippen LogP contribution < -0.4 is 5.32 Å². The van der Waals surface area contributed by atoms with E-state index in [4.69, 9.17) is 0 Å². The van der Waals surface area contributed by atoms with Crippen molar-refractivity contribution in [1.29, 1.82) is 0 Å². The van der Waals surface area contributed by atoms with Gasteiger partial charge in [-0.05, 0) is 38.8 Å².